The van der Waals surface area contributed by atoms with Gasteiger partial charge in [0, 0.05) is 6.42 Å². The molecular weight excluding hydrogens is 1120 g/mol. The average Bonchev–Trinajstić information content (AvgIpc) is 3.62. The van der Waals surface area contributed by atoms with Gasteiger partial charge < -0.3 is 65.1 Å². The number of rotatable bonds is 54. The smallest absolute Gasteiger partial charge is 0.220 e. The van der Waals surface area contributed by atoms with Crippen LogP contribution in [0.3, 0.4) is 0 Å². The average molecular weight is 1250 g/mol. The fourth-order valence-electron chi connectivity index (χ4n) is 10.3. The molecular formula is C75H123NO13. The lowest BCUT2D eigenvalue weighted by Gasteiger charge is -2.46. The Morgan fingerprint density at radius 3 is 1.24 bits per heavy atom. The van der Waals surface area contributed by atoms with Crippen molar-refractivity contribution in [2.75, 3.05) is 19.8 Å². The third-order valence-corrected chi connectivity index (χ3v) is 15.8. The van der Waals surface area contributed by atoms with Crippen LogP contribution < -0.4 is 5.32 Å². The summed E-state index contributed by atoms with van der Waals surface area (Å²) in [5, 5.41) is 87.3. The van der Waals surface area contributed by atoms with Gasteiger partial charge in [-0.15, -0.1) is 0 Å². The van der Waals surface area contributed by atoms with Crippen LogP contribution in [0.2, 0.25) is 0 Å². The Morgan fingerprint density at radius 2 is 0.787 bits per heavy atom. The summed E-state index contributed by atoms with van der Waals surface area (Å²) in [7, 11) is 0. The second kappa shape index (κ2) is 57.7. The van der Waals surface area contributed by atoms with Crippen LogP contribution in [0.25, 0.3) is 0 Å². The number of hydrogen-bond donors (Lipinski definition) is 9. The molecule has 0 spiro atoms. The van der Waals surface area contributed by atoms with Gasteiger partial charge in [0.25, 0.3) is 0 Å². The number of carbonyl (C=O) groups is 1. The summed E-state index contributed by atoms with van der Waals surface area (Å²) < 4.78 is 22.8. The lowest BCUT2D eigenvalue weighted by molar-refractivity contribution is -0.359. The fourth-order valence-corrected chi connectivity index (χ4v) is 10.3. The highest BCUT2D eigenvalue weighted by molar-refractivity contribution is 5.76. The summed E-state index contributed by atoms with van der Waals surface area (Å²) in [5.74, 6) is -0.279. The lowest BCUT2D eigenvalue weighted by atomic mass is 9.97. The number of allylic oxidation sites excluding steroid dienone is 23. The molecule has 2 aliphatic heterocycles. The van der Waals surface area contributed by atoms with Crippen LogP contribution in [0.15, 0.2) is 146 Å². The molecule has 14 nitrogen and oxygen atoms in total. The zero-order valence-corrected chi connectivity index (χ0v) is 54.9. The standard InChI is InChI=1S/C75H123NO13/c1-3-5-7-9-11-13-15-17-19-21-23-25-26-27-28-29-30-31-32-33-34-35-36-37-38-39-41-43-45-47-49-51-53-55-57-59-67(80)76-63(64(79)58-56-54-52-50-48-46-44-42-40-24-22-20-18-16-14-12-10-8-6-4-2)62-86-74-72(85)70(83)73(66(61-78)88-74)89-75-71(84)69(82)68(81)65(60-77)87-75/h5,7,11,13,17,19,23,25,27-28,30-31,33-34,36-37,39,41,45,47-48,50,56,58,63-66,68-75,77-79,81-85H,3-4,6,8-10,12,14-16,18,20-22,24,26,29,32,35,38,40,42-44,46,49,51-55,57,59-62H2,1-2H3,(H,76,80)/b7-5-,13-11-,19-17-,25-23-,28-27-,31-30-,34-33-,37-36-,41-39-,47-45-,50-48+,58-56+. The van der Waals surface area contributed by atoms with Gasteiger partial charge in [0.2, 0.25) is 5.91 Å². The molecule has 12 unspecified atom stereocenters. The van der Waals surface area contributed by atoms with Crippen LogP contribution in [0.5, 0.6) is 0 Å². The van der Waals surface area contributed by atoms with Crippen LogP contribution >= 0.6 is 0 Å². The maximum Gasteiger partial charge on any atom is 0.220 e. The van der Waals surface area contributed by atoms with E-state index >= 15 is 0 Å². The maximum atomic E-state index is 13.3. The van der Waals surface area contributed by atoms with Crippen molar-refractivity contribution in [2.45, 2.75) is 299 Å². The van der Waals surface area contributed by atoms with Crippen molar-refractivity contribution in [3.05, 3.63) is 146 Å². The Labute approximate surface area is 538 Å². The third kappa shape index (κ3) is 41.9. The quantitative estimate of drug-likeness (QED) is 0.0204. The largest absolute Gasteiger partial charge is 0.394 e. The molecule has 0 radical (unpaired) electrons. The second-order valence-electron chi connectivity index (χ2n) is 23.6. The number of hydrogen-bond acceptors (Lipinski definition) is 13. The Balaban J connectivity index is 1.72. The minimum Gasteiger partial charge on any atom is -0.394 e. The van der Waals surface area contributed by atoms with Gasteiger partial charge in [-0.1, -0.05) is 256 Å². The molecule has 9 N–H and O–H groups in total. The van der Waals surface area contributed by atoms with Crippen molar-refractivity contribution in [1.82, 2.24) is 5.32 Å². The van der Waals surface area contributed by atoms with Gasteiger partial charge >= 0.3 is 0 Å². The molecule has 506 valence electrons. The van der Waals surface area contributed by atoms with Gasteiger partial charge in [0.05, 0.1) is 32.0 Å². The summed E-state index contributed by atoms with van der Waals surface area (Å²) in [6.07, 6.45) is 70.3. The van der Waals surface area contributed by atoms with Gasteiger partial charge in [-0.2, -0.15) is 0 Å². The van der Waals surface area contributed by atoms with Crippen LogP contribution in [0.4, 0.5) is 0 Å². The Bertz CT molecular complexity index is 2050. The van der Waals surface area contributed by atoms with Gasteiger partial charge in [-0.3, -0.25) is 4.79 Å². The van der Waals surface area contributed by atoms with Crippen molar-refractivity contribution >= 4 is 5.91 Å². The molecule has 0 bridgehead atoms. The SMILES string of the molecule is CC/C=C\C/C=C\C/C=C\C/C=C\C/C=C\C/C=C\C/C=C\C/C=C\C/C=C\C/C=C\CCCCCCC(=O)NC(COC1OC(CO)C(OC2OC(CO)C(O)C(O)C2O)C(O)C1O)C(O)/C=C/CC/C=C/CCCCCCCCCCCCCCCC. The molecule has 0 aromatic rings. The molecule has 0 aromatic heterocycles. The van der Waals surface area contributed by atoms with Crippen molar-refractivity contribution in [3.63, 3.8) is 0 Å². The maximum absolute atomic E-state index is 13.3. The van der Waals surface area contributed by atoms with E-state index in [1.54, 1.807) is 6.08 Å². The summed E-state index contributed by atoms with van der Waals surface area (Å²) in [6, 6.07) is -0.958. The molecule has 0 aliphatic carbocycles. The highest BCUT2D eigenvalue weighted by Crippen LogP contribution is 2.30. The van der Waals surface area contributed by atoms with Crippen molar-refractivity contribution < 1.29 is 64.6 Å². The number of aliphatic hydroxyl groups excluding tert-OH is 8. The summed E-state index contributed by atoms with van der Waals surface area (Å²) in [5.41, 5.74) is 0. The summed E-state index contributed by atoms with van der Waals surface area (Å²) in [4.78, 5) is 13.3. The predicted molar refractivity (Wildman–Crippen MR) is 364 cm³/mol. The molecule has 0 saturated carbocycles. The molecule has 2 saturated heterocycles. The zero-order valence-electron chi connectivity index (χ0n) is 54.9. The third-order valence-electron chi connectivity index (χ3n) is 15.8. The second-order valence-corrected chi connectivity index (χ2v) is 23.6. The van der Waals surface area contributed by atoms with Crippen LogP contribution in [-0.2, 0) is 23.7 Å². The summed E-state index contributed by atoms with van der Waals surface area (Å²) >= 11 is 0. The van der Waals surface area contributed by atoms with Gasteiger partial charge in [0.1, 0.15) is 48.8 Å². The molecule has 2 aliphatic rings. The molecule has 2 rings (SSSR count). The molecule has 14 heteroatoms. The summed E-state index contributed by atoms with van der Waals surface area (Å²) in [6.45, 7) is 2.64. The number of ether oxygens (including phenoxy) is 4. The van der Waals surface area contributed by atoms with Gasteiger partial charge in [-0.25, -0.2) is 0 Å². The van der Waals surface area contributed by atoms with Crippen LogP contribution in [-0.4, -0.2) is 140 Å². The zero-order chi connectivity index (χ0) is 64.5. The Hall–Kier alpha value is -4.13. The predicted octanol–water partition coefficient (Wildman–Crippen LogP) is 14.1. The molecule has 0 aromatic carbocycles. The minimum atomic E-state index is -1.80. The number of nitrogens with one attached hydrogen (secondary N) is 1. The van der Waals surface area contributed by atoms with E-state index in [0.29, 0.717) is 12.8 Å². The number of aliphatic hydroxyl groups is 8. The highest BCUT2D eigenvalue weighted by Gasteiger charge is 2.51. The van der Waals surface area contributed by atoms with E-state index < -0.39 is 86.8 Å². The lowest BCUT2D eigenvalue weighted by Crippen LogP contribution is -2.65. The molecule has 12 atom stereocenters. The van der Waals surface area contributed by atoms with E-state index in [0.717, 1.165) is 103 Å². The number of amides is 1. The molecule has 1 amide bonds. The van der Waals surface area contributed by atoms with Gasteiger partial charge in [-0.05, 0) is 109 Å². The topological polar surface area (TPSA) is 228 Å². The van der Waals surface area contributed by atoms with Crippen LogP contribution in [0.1, 0.15) is 226 Å². The molecule has 2 fully saturated rings. The van der Waals surface area contributed by atoms with Crippen LogP contribution in [0, 0.1) is 0 Å². The first-order valence-corrected chi connectivity index (χ1v) is 34.6. The van der Waals surface area contributed by atoms with Crippen molar-refractivity contribution in [1.29, 1.82) is 0 Å². The van der Waals surface area contributed by atoms with E-state index in [1.807, 2.05) is 6.08 Å². The first-order chi connectivity index (χ1) is 43.6. The molecule has 89 heavy (non-hydrogen) atoms. The van der Waals surface area contributed by atoms with E-state index in [9.17, 15) is 45.6 Å². The van der Waals surface area contributed by atoms with E-state index in [-0.39, 0.29) is 18.9 Å². The van der Waals surface area contributed by atoms with Crippen molar-refractivity contribution in [3.8, 4) is 0 Å². The molecule has 2 heterocycles. The monoisotopic (exact) mass is 1250 g/mol. The minimum absolute atomic E-state index is 0.234. The first kappa shape index (κ1) is 81.0. The fraction of sp³-hybridized carbons (Fsp3) is 0.667. The van der Waals surface area contributed by atoms with E-state index in [4.69, 9.17) is 18.9 Å². The van der Waals surface area contributed by atoms with E-state index in [1.165, 1.54) is 89.9 Å². The Morgan fingerprint density at radius 1 is 0.416 bits per heavy atom. The van der Waals surface area contributed by atoms with Crippen molar-refractivity contribution in [2.24, 2.45) is 0 Å². The first-order valence-electron chi connectivity index (χ1n) is 34.6. The van der Waals surface area contributed by atoms with E-state index in [2.05, 4.69) is 153 Å². The Kier molecular flexibility index (Phi) is 52.5. The van der Waals surface area contributed by atoms with Gasteiger partial charge in [0.15, 0.2) is 12.6 Å². The number of carbonyl (C=O) groups excluding carboxylic acids is 1. The normalized spacial score (nSPS) is 24.0. The highest BCUT2D eigenvalue weighted by atomic mass is 16.7. The number of unbranched alkanes of at least 4 members (excludes halogenated alkanes) is 19.